The van der Waals surface area contributed by atoms with Gasteiger partial charge in [-0.3, -0.25) is 19.1 Å². The van der Waals surface area contributed by atoms with Crippen molar-refractivity contribution in [1.82, 2.24) is 19.5 Å². The van der Waals surface area contributed by atoms with Crippen molar-refractivity contribution in [1.29, 1.82) is 0 Å². The van der Waals surface area contributed by atoms with Gasteiger partial charge >= 0.3 is 5.69 Å². The van der Waals surface area contributed by atoms with Crippen molar-refractivity contribution in [3.63, 3.8) is 0 Å². The third-order valence-corrected chi connectivity index (χ3v) is 4.43. The minimum absolute atomic E-state index is 0.0288. The Kier molecular flexibility index (Phi) is 3.91. The molecule has 0 spiro atoms. The zero-order chi connectivity index (χ0) is 16.6. The molecule has 0 radical (unpaired) electrons. The number of imidazole rings is 1. The first kappa shape index (κ1) is 15.3. The highest BCUT2D eigenvalue weighted by Gasteiger charge is 2.19. The maximum absolute atomic E-state index is 12.4. The number of carbonyl (C=O) groups is 1. The summed E-state index contributed by atoms with van der Waals surface area (Å²) in [6, 6.07) is 8.97. The number of Topliss-reactive ketones (excluding diaryl/α,β-unsaturated/α-hetero) is 1. The molecule has 1 unspecified atom stereocenters. The average Bonchev–Trinajstić information content (AvgIpc) is 2.97. The van der Waals surface area contributed by atoms with Crippen molar-refractivity contribution in [2.75, 3.05) is 0 Å². The van der Waals surface area contributed by atoms with Gasteiger partial charge < -0.3 is 4.98 Å². The van der Waals surface area contributed by atoms with Crippen LogP contribution in [0.2, 0.25) is 0 Å². The highest BCUT2D eigenvalue weighted by atomic mass is 32.2. The number of hydrogen-bond donors (Lipinski definition) is 2. The number of nitrogens with one attached hydrogen (secondary N) is 2. The first-order valence-electron chi connectivity index (χ1n) is 6.92. The number of H-pyrrole nitrogens is 2. The number of carbonyl (C=O) groups excluding carboxylic acids is 1. The Morgan fingerprint density at radius 2 is 1.91 bits per heavy atom. The molecule has 2 heterocycles. The van der Waals surface area contributed by atoms with Crippen molar-refractivity contribution in [3.8, 4) is 0 Å². The molecule has 2 aromatic heterocycles. The molecule has 1 aromatic carbocycles. The minimum Gasteiger partial charge on any atom is -0.327 e. The first-order valence-corrected chi connectivity index (χ1v) is 7.80. The summed E-state index contributed by atoms with van der Waals surface area (Å²) in [4.78, 5) is 45.0. The van der Waals surface area contributed by atoms with E-state index in [0.29, 0.717) is 10.7 Å². The molecule has 23 heavy (non-hydrogen) atoms. The topological polar surface area (TPSA) is 101 Å². The monoisotopic (exact) mass is 330 g/mol. The van der Waals surface area contributed by atoms with E-state index in [1.165, 1.54) is 23.4 Å². The molecule has 0 fully saturated rings. The van der Waals surface area contributed by atoms with Crippen LogP contribution in [0.1, 0.15) is 17.3 Å². The third kappa shape index (κ3) is 2.85. The molecule has 0 saturated carbocycles. The van der Waals surface area contributed by atoms with E-state index in [4.69, 9.17) is 0 Å². The fourth-order valence-electron chi connectivity index (χ4n) is 2.20. The molecule has 2 N–H and O–H groups in total. The van der Waals surface area contributed by atoms with Gasteiger partial charge in [0.05, 0.1) is 5.25 Å². The van der Waals surface area contributed by atoms with Gasteiger partial charge in [0, 0.05) is 12.6 Å². The molecule has 1 atom stereocenters. The Hall–Kier alpha value is -2.61. The van der Waals surface area contributed by atoms with Gasteiger partial charge in [-0.15, -0.1) is 0 Å². The number of thioether (sulfide) groups is 1. The molecule has 7 nitrogen and oxygen atoms in total. The summed E-state index contributed by atoms with van der Waals surface area (Å²) in [5.41, 5.74) is 0.0480. The number of fused-ring (bicyclic) bond motifs is 1. The van der Waals surface area contributed by atoms with E-state index in [-0.39, 0.29) is 22.2 Å². The molecule has 3 rings (SSSR count). The maximum atomic E-state index is 12.4. The molecule has 0 aliphatic heterocycles. The lowest BCUT2D eigenvalue weighted by atomic mass is 10.1. The largest absolute Gasteiger partial charge is 0.329 e. The fourth-order valence-corrected chi connectivity index (χ4v) is 3.08. The van der Waals surface area contributed by atoms with Crippen molar-refractivity contribution >= 4 is 28.7 Å². The zero-order valence-electron chi connectivity index (χ0n) is 12.5. The predicted octanol–water partition coefficient (Wildman–Crippen LogP) is 1.31. The van der Waals surface area contributed by atoms with Crippen LogP contribution in [-0.2, 0) is 7.05 Å². The van der Waals surface area contributed by atoms with E-state index in [1.807, 2.05) is 6.07 Å². The van der Waals surface area contributed by atoms with Crippen LogP contribution in [0, 0.1) is 0 Å². The van der Waals surface area contributed by atoms with Crippen LogP contribution < -0.4 is 11.2 Å². The summed E-state index contributed by atoms with van der Waals surface area (Å²) in [5, 5.41) is 0.0394. The molecule has 0 aliphatic rings. The Bertz CT molecular complexity index is 987. The Morgan fingerprint density at radius 1 is 1.22 bits per heavy atom. The molecule has 0 amide bonds. The van der Waals surface area contributed by atoms with E-state index < -0.39 is 11.2 Å². The van der Waals surface area contributed by atoms with Gasteiger partial charge in [-0.2, -0.15) is 0 Å². The standard InChI is InChI=1S/C15H14N4O3S/c1-8(11(20)9-6-4-3-5-7-9)23-14-16-10-12(17-14)19(2)15(22)18-13(10)21/h3-8H,1-2H3,(H,16,17)(H,18,21,22). The summed E-state index contributed by atoms with van der Waals surface area (Å²) >= 11 is 1.21. The van der Waals surface area contributed by atoms with E-state index in [1.54, 1.807) is 31.2 Å². The van der Waals surface area contributed by atoms with E-state index >= 15 is 0 Å². The first-order chi connectivity index (χ1) is 11.0. The third-order valence-electron chi connectivity index (χ3n) is 3.45. The number of benzene rings is 1. The van der Waals surface area contributed by atoms with Gasteiger partial charge in [0.25, 0.3) is 5.56 Å². The van der Waals surface area contributed by atoms with Crippen LogP contribution in [-0.4, -0.2) is 30.6 Å². The SMILES string of the molecule is CC(Sc1nc2c([nH]1)c(=O)[nH]c(=O)n2C)C(=O)c1ccccc1. The highest BCUT2D eigenvalue weighted by Crippen LogP contribution is 2.24. The van der Waals surface area contributed by atoms with Crippen LogP contribution >= 0.6 is 11.8 Å². The van der Waals surface area contributed by atoms with E-state index in [9.17, 15) is 14.4 Å². The number of rotatable bonds is 4. The average molecular weight is 330 g/mol. The summed E-state index contributed by atoms with van der Waals surface area (Å²) in [6.07, 6.45) is 0. The summed E-state index contributed by atoms with van der Waals surface area (Å²) < 4.78 is 1.25. The van der Waals surface area contributed by atoms with Gasteiger partial charge in [-0.25, -0.2) is 9.78 Å². The number of aryl methyl sites for hydroxylation is 1. The van der Waals surface area contributed by atoms with E-state index in [2.05, 4.69) is 15.0 Å². The second-order valence-corrected chi connectivity index (χ2v) is 6.38. The predicted molar refractivity (Wildman–Crippen MR) is 88.0 cm³/mol. The molecular weight excluding hydrogens is 316 g/mol. The van der Waals surface area contributed by atoms with Gasteiger partial charge in [-0.05, 0) is 6.92 Å². The van der Waals surface area contributed by atoms with Crippen molar-refractivity contribution in [2.24, 2.45) is 7.05 Å². The minimum atomic E-state index is -0.529. The molecule has 0 saturated heterocycles. The number of aromatic nitrogens is 4. The van der Waals surface area contributed by atoms with Crippen LogP contribution in [0.15, 0.2) is 45.1 Å². The quantitative estimate of drug-likeness (QED) is 0.555. The van der Waals surface area contributed by atoms with Crippen molar-refractivity contribution in [3.05, 3.63) is 56.7 Å². The van der Waals surface area contributed by atoms with E-state index in [0.717, 1.165) is 0 Å². The Balaban J connectivity index is 1.92. The zero-order valence-corrected chi connectivity index (χ0v) is 13.3. The number of ketones is 1. The molecule has 3 aromatic rings. The summed E-state index contributed by atoms with van der Waals surface area (Å²) in [5.74, 6) is -0.0288. The van der Waals surface area contributed by atoms with Gasteiger partial charge in [-0.1, -0.05) is 42.1 Å². The fraction of sp³-hybridized carbons (Fsp3) is 0.200. The number of aromatic amines is 2. The van der Waals surface area contributed by atoms with Crippen LogP contribution in [0.4, 0.5) is 0 Å². The van der Waals surface area contributed by atoms with Gasteiger partial charge in [0.1, 0.15) is 0 Å². The lowest BCUT2D eigenvalue weighted by Crippen LogP contribution is -2.28. The highest BCUT2D eigenvalue weighted by molar-refractivity contribution is 8.00. The summed E-state index contributed by atoms with van der Waals surface area (Å²) in [6.45, 7) is 1.77. The molecular formula is C15H14N4O3S. The molecule has 8 heteroatoms. The Morgan fingerprint density at radius 3 is 2.61 bits per heavy atom. The second-order valence-electron chi connectivity index (χ2n) is 5.05. The smallest absolute Gasteiger partial charge is 0.327 e. The molecule has 0 bridgehead atoms. The van der Waals surface area contributed by atoms with Crippen LogP contribution in [0.25, 0.3) is 11.2 Å². The number of hydrogen-bond acceptors (Lipinski definition) is 5. The Labute approximate surface area is 134 Å². The van der Waals surface area contributed by atoms with Gasteiger partial charge in [0.2, 0.25) is 0 Å². The lowest BCUT2D eigenvalue weighted by Gasteiger charge is -2.07. The van der Waals surface area contributed by atoms with Gasteiger partial charge in [0.15, 0.2) is 22.1 Å². The second kappa shape index (κ2) is 5.88. The number of nitrogens with zero attached hydrogens (tertiary/aromatic N) is 2. The maximum Gasteiger partial charge on any atom is 0.329 e. The summed E-state index contributed by atoms with van der Waals surface area (Å²) in [7, 11) is 1.52. The van der Waals surface area contributed by atoms with Crippen LogP contribution in [0.3, 0.4) is 0 Å². The van der Waals surface area contributed by atoms with Crippen molar-refractivity contribution < 1.29 is 4.79 Å². The van der Waals surface area contributed by atoms with Crippen LogP contribution in [0.5, 0.6) is 0 Å². The lowest BCUT2D eigenvalue weighted by molar-refractivity contribution is 0.0994. The molecule has 118 valence electrons. The van der Waals surface area contributed by atoms with Crippen molar-refractivity contribution in [2.45, 2.75) is 17.3 Å². The molecule has 0 aliphatic carbocycles. The normalized spacial score (nSPS) is 12.4.